The summed E-state index contributed by atoms with van der Waals surface area (Å²) >= 11 is 0. The van der Waals surface area contributed by atoms with Crippen LogP contribution >= 0.6 is 0 Å². The molecule has 0 aliphatic rings. The van der Waals surface area contributed by atoms with Crippen LogP contribution in [0.1, 0.15) is 6.42 Å². The Bertz CT molecular complexity index is 139. The zero-order valence-corrected chi connectivity index (χ0v) is 10.2. The smallest absolute Gasteiger partial charge is 0.377 e. The zero-order chi connectivity index (χ0) is 10.9. The van der Waals surface area contributed by atoms with Gasteiger partial charge in [-0.2, -0.15) is 0 Å². The summed E-state index contributed by atoms with van der Waals surface area (Å²) in [5.74, 6) is 0. The van der Waals surface area contributed by atoms with Gasteiger partial charge in [0.25, 0.3) is 0 Å². The van der Waals surface area contributed by atoms with Gasteiger partial charge < -0.3 is 18.0 Å². The SMILES string of the molecule is C=CCOCCC[Si](OC)(OC)OC. The van der Waals surface area contributed by atoms with Gasteiger partial charge in [-0.15, -0.1) is 6.58 Å². The molecular weight excluding hydrogens is 200 g/mol. The van der Waals surface area contributed by atoms with Crippen LogP contribution < -0.4 is 0 Å². The molecule has 0 unspecified atom stereocenters. The highest BCUT2D eigenvalue weighted by atomic mass is 28.4. The van der Waals surface area contributed by atoms with Crippen molar-refractivity contribution in [1.29, 1.82) is 0 Å². The van der Waals surface area contributed by atoms with Gasteiger partial charge in [0.2, 0.25) is 0 Å². The molecule has 0 amide bonds. The lowest BCUT2D eigenvalue weighted by atomic mass is 10.5. The summed E-state index contributed by atoms with van der Waals surface area (Å²) in [5.41, 5.74) is 0. The van der Waals surface area contributed by atoms with E-state index in [9.17, 15) is 0 Å². The molecule has 0 rings (SSSR count). The molecule has 0 radical (unpaired) electrons. The Morgan fingerprint density at radius 1 is 1.14 bits per heavy atom. The van der Waals surface area contributed by atoms with Gasteiger partial charge in [-0.05, 0) is 6.42 Å². The van der Waals surface area contributed by atoms with Gasteiger partial charge in [0, 0.05) is 34.0 Å². The van der Waals surface area contributed by atoms with E-state index in [0.29, 0.717) is 13.2 Å². The van der Waals surface area contributed by atoms with Crippen LogP contribution in [-0.4, -0.2) is 43.3 Å². The Morgan fingerprint density at radius 3 is 2.14 bits per heavy atom. The number of hydrogen-bond acceptors (Lipinski definition) is 4. The minimum absolute atomic E-state index is 0.585. The van der Waals surface area contributed by atoms with Gasteiger partial charge in [-0.1, -0.05) is 6.08 Å². The summed E-state index contributed by atoms with van der Waals surface area (Å²) in [6.07, 6.45) is 2.60. The van der Waals surface area contributed by atoms with Crippen LogP contribution in [0.5, 0.6) is 0 Å². The lowest BCUT2D eigenvalue weighted by Gasteiger charge is -2.24. The zero-order valence-electron chi connectivity index (χ0n) is 9.25. The van der Waals surface area contributed by atoms with Gasteiger partial charge in [0.05, 0.1) is 6.61 Å². The van der Waals surface area contributed by atoms with E-state index in [1.807, 2.05) is 0 Å². The Balaban J connectivity index is 3.65. The van der Waals surface area contributed by atoms with Gasteiger partial charge in [0.15, 0.2) is 0 Å². The summed E-state index contributed by atoms with van der Waals surface area (Å²) in [5, 5.41) is 0. The highest BCUT2D eigenvalue weighted by Crippen LogP contribution is 2.14. The quantitative estimate of drug-likeness (QED) is 0.335. The van der Waals surface area contributed by atoms with Crippen molar-refractivity contribution in [2.45, 2.75) is 12.5 Å². The third-order valence-corrected chi connectivity index (χ3v) is 4.77. The summed E-state index contributed by atoms with van der Waals surface area (Å²) in [6.45, 7) is 4.83. The fourth-order valence-electron chi connectivity index (χ4n) is 1.11. The predicted molar refractivity (Wildman–Crippen MR) is 57.2 cm³/mol. The molecule has 0 aliphatic heterocycles. The molecule has 84 valence electrons. The number of rotatable bonds is 9. The highest BCUT2D eigenvalue weighted by molar-refractivity contribution is 6.60. The Hall–Kier alpha value is -0.203. The first-order chi connectivity index (χ1) is 6.74. The van der Waals surface area contributed by atoms with Crippen molar-refractivity contribution in [3.63, 3.8) is 0 Å². The highest BCUT2D eigenvalue weighted by Gasteiger charge is 2.36. The van der Waals surface area contributed by atoms with E-state index >= 15 is 0 Å². The first kappa shape index (κ1) is 13.8. The Kier molecular flexibility index (Phi) is 8.02. The van der Waals surface area contributed by atoms with Gasteiger partial charge in [0.1, 0.15) is 0 Å². The lowest BCUT2D eigenvalue weighted by molar-refractivity contribution is 0.114. The maximum Gasteiger partial charge on any atom is 0.500 e. The minimum atomic E-state index is -2.38. The summed E-state index contributed by atoms with van der Waals surface area (Å²) in [4.78, 5) is 0. The van der Waals surface area contributed by atoms with E-state index in [2.05, 4.69) is 6.58 Å². The van der Waals surface area contributed by atoms with Crippen LogP contribution in [0.25, 0.3) is 0 Å². The van der Waals surface area contributed by atoms with Gasteiger partial charge >= 0.3 is 8.80 Å². The largest absolute Gasteiger partial charge is 0.500 e. The average molecular weight is 220 g/mol. The van der Waals surface area contributed by atoms with Crippen LogP contribution in [-0.2, 0) is 18.0 Å². The van der Waals surface area contributed by atoms with Gasteiger partial charge in [-0.25, -0.2) is 0 Å². The topological polar surface area (TPSA) is 36.9 Å². The molecule has 4 nitrogen and oxygen atoms in total. The maximum absolute atomic E-state index is 5.26. The van der Waals surface area contributed by atoms with Crippen molar-refractivity contribution in [2.75, 3.05) is 34.5 Å². The molecule has 0 saturated heterocycles. The van der Waals surface area contributed by atoms with Crippen LogP contribution in [0.15, 0.2) is 12.7 Å². The summed E-state index contributed by atoms with van der Waals surface area (Å²) < 4.78 is 21.0. The van der Waals surface area contributed by atoms with E-state index in [1.165, 1.54) is 0 Å². The van der Waals surface area contributed by atoms with Crippen molar-refractivity contribution < 1.29 is 18.0 Å². The average Bonchev–Trinajstić information content (AvgIpc) is 2.24. The lowest BCUT2D eigenvalue weighted by Crippen LogP contribution is -2.42. The molecule has 0 aliphatic carbocycles. The van der Waals surface area contributed by atoms with E-state index in [4.69, 9.17) is 18.0 Å². The van der Waals surface area contributed by atoms with Crippen molar-refractivity contribution in [2.24, 2.45) is 0 Å². The standard InChI is InChI=1S/C9H20O4Si/c1-5-7-13-8-6-9-14(10-2,11-3)12-4/h5H,1,6-9H2,2-4H3. The second-order valence-electron chi connectivity index (χ2n) is 2.76. The number of hydrogen-bond donors (Lipinski definition) is 0. The minimum Gasteiger partial charge on any atom is -0.377 e. The molecule has 0 spiro atoms. The molecular formula is C9H20O4Si. The fourth-order valence-corrected chi connectivity index (χ4v) is 2.80. The van der Waals surface area contributed by atoms with Crippen molar-refractivity contribution in [3.05, 3.63) is 12.7 Å². The molecule has 0 bridgehead atoms. The van der Waals surface area contributed by atoms with Crippen molar-refractivity contribution in [3.8, 4) is 0 Å². The molecule has 0 atom stereocenters. The predicted octanol–water partition coefficient (Wildman–Crippen LogP) is 1.46. The van der Waals surface area contributed by atoms with Crippen LogP contribution in [0.2, 0.25) is 6.04 Å². The molecule has 5 heteroatoms. The maximum atomic E-state index is 5.26. The van der Waals surface area contributed by atoms with Crippen LogP contribution in [0.4, 0.5) is 0 Å². The second-order valence-corrected chi connectivity index (χ2v) is 5.85. The first-order valence-corrected chi connectivity index (χ1v) is 6.52. The first-order valence-electron chi connectivity index (χ1n) is 4.58. The Morgan fingerprint density at radius 2 is 1.71 bits per heavy atom. The third-order valence-electron chi connectivity index (χ3n) is 1.94. The van der Waals surface area contributed by atoms with E-state index in [-0.39, 0.29) is 0 Å². The molecule has 0 aromatic carbocycles. The third kappa shape index (κ3) is 4.87. The molecule has 0 fully saturated rings. The summed E-state index contributed by atoms with van der Waals surface area (Å²) in [6, 6.07) is 0.771. The van der Waals surface area contributed by atoms with Crippen LogP contribution in [0.3, 0.4) is 0 Å². The molecule has 0 heterocycles. The normalized spacial score (nSPS) is 11.6. The molecule has 0 saturated carbocycles. The van der Waals surface area contributed by atoms with E-state index in [1.54, 1.807) is 27.4 Å². The van der Waals surface area contributed by atoms with Gasteiger partial charge in [-0.3, -0.25) is 0 Å². The fraction of sp³-hybridized carbons (Fsp3) is 0.778. The van der Waals surface area contributed by atoms with Crippen molar-refractivity contribution >= 4 is 8.80 Å². The molecule has 14 heavy (non-hydrogen) atoms. The van der Waals surface area contributed by atoms with E-state index < -0.39 is 8.80 Å². The monoisotopic (exact) mass is 220 g/mol. The Labute approximate surface area is 87.2 Å². The molecule has 0 N–H and O–H groups in total. The van der Waals surface area contributed by atoms with Crippen LogP contribution in [0, 0.1) is 0 Å². The molecule has 0 aromatic heterocycles. The van der Waals surface area contributed by atoms with E-state index in [0.717, 1.165) is 12.5 Å². The summed E-state index contributed by atoms with van der Waals surface area (Å²) in [7, 11) is 2.46. The second kappa shape index (κ2) is 8.13. The van der Waals surface area contributed by atoms with Crippen molar-refractivity contribution in [1.82, 2.24) is 0 Å². The number of ether oxygens (including phenoxy) is 1. The molecule has 0 aromatic rings.